The Bertz CT molecular complexity index is 370. The van der Waals surface area contributed by atoms with E-state index in [0.29, 0.717) is 0 Å². The van der Waals surface area contributed by atoms with Crippen LogP contribution in [0.25, 0.3) is 0 Å². The molecular formula is C12H12PS2. The summed E-state index contributed by atoms with van der Waals surface area (Å²) in [4.78, 5) is 0. The summed E-state index contributed by atoms with van der Waals surface area (Å²) in [5, 5.41) is -0.369. The summed E-state index contributed by atoms with van der Waals surface area (Å²) < 4.78 is 0. The maximum Gasteiger partial charge on any atom is 0.0269 e. The van der Waals surface area contributed by atoms with E-state index in [9.17, 15) is 0 Å². The van der Waals surface area contributed by atoms with Gasteiger partial charge in [-0.25, -0.2) is 0 Å². The van der Waals surface area contributed by atoms with Crippen molar-refractivity contribution < 1.29 is 0 Å². The molecule has 5 radical (unpaired) electrons. The Morgan fingerprint density at radius 1 is 1.20 bits per heavy atom. The van der Waals surface area contributed by atoms with Gasteiger partial charge in [0.15, 0.2) is 0 Å². The molecule has 1 unspecified atom stereocenters. The van der Waals surface area contributed by atoms with Gasteiger partial charge < -0.3 is 0 Å². The quantitative estimate of drug-likeness (QED) is 0.517. The largest absolute Gasteiger partial charge is 0.118 e. The molecule has 2 bridgehead atoms. The van der Waals surface area contributed by atoms with Crippen LogP contribution in [-0.4, -0.2) is 10.9 Å². The molecule has 3 heteroatoms. The molecule has 0 N–H and O–H groups in total. The Labute approximate surface area is 101 Å². The molecule has 3 fully saturated rings. The third-order valence-electron chi connectivity index (χ3n) is 4.02. The van der Waals surface area contributed by atoms with Crippen LogP contribution in [0.3, 0.4) is 0 Å². The smallest absolute Gasteiger partial charge is 0.0269 e. The van der Waals surface area contributed by atoms with E-state index in [1.165, 1.54) is 12.1 Å². The SMILES string of the molecule is S=P1([C]2[CH][CH][CH][CH]2)S[C@H]2[C@@H]1[C@@H]1C=C[C@H]2C1. The summed E-state index contributed by atoms with van der Waals surface area (Å²) in [5.74, 6) is 1.68. The van der Waals surface area contributed by atoms with Crippen LogP contribution in [-0.2, 0) is 11.8 Å². The average Bonchev–Trinajstić information content (AvgIpc) is 2.89. The lowest BCUT2D eigenvalue weighted by atomic mass is 10.1. The number of hydrogen-bond acceptors (Lipinski definition) is 2. The van der Waals surface area contributed by atoms with Crippen molar-refractivity contribution in [2.24, 2.45) is 11.8 Å². The minimum absolute atomic E-state index is 0.821. The van der Waals surface area contributed by atoms with Crippen LogP contribution >= 0.6 is 16.6 Å². The van der Waals surface area contributed by atoms with Crippen LogP contribution < -0.4 is 0 Å². The zero-order valence-electron chi connectivity index (χ0n) is 8.24. The molecule has 0 aromatic heterocycles. The second kappa shape index (κ2) is 3.15. The van der Waals surface area contributed by atoms with E-state index in [2.05, 4.69) is 49.2 Å². The first-order chi connectivity index (χ1) is 7.29. The van der Waals surface area contributed by atoms with Crippen molar-refractivity contribution in [3.8, 4) is 0 Å². The zero-order chi connectivity index (χ0) is 10.0. The van der Waals surface area contributed by atoms with Gasteiger partial charge in [0.05, 0.1) is 0 Å². The van der Waals surface area contributed by atoms with Crippen molar-refractivity contribution >= 4 is 28.4 Å². The van der Waals surface area contributed by atoms with Gasteiger partial charge in [-0.3, -0.25) is 0 Å². The lowest BCUT2D eigenvalue weighted by Crippen LogP contribution is -2.36. The van der Waals surface area contributed by atoms with E-state index in [1.807, 2.05) is 0 Å². The number of hydrogen-bond donors (Lipinski definition) is 0. The van der Waals surface area contributed by atoms with Crippen molar-refractivity contribution in [1.29, 1.82) is 0 Å². The highest BCUT2D eigenvalue weighted by molar-refractivity contribution is 8.74. The molecular weight excluding hydrogens is 239 g/mol. The van der Waals surface area contributed by atoms with Gasteiger partial charge in [0.1, 0.15) is 0 Å². The number of fused-ring (bicyclic) bond motifs is 5. The molecule has 77 valence electrons. The van der Waals surface area contributed by atoms with Crippen molar-refractivity contribution in [1.82, 2.24) is 0 Å². The van der Waals surface area contributed by atoms with Crippen LogP contribution in [0.2, 0.25) is 0 Å². The molecule has 2 saturated carbocycles. The Morgan fingerprint density at radius 2 is 1.93 bits per heavy atom. The first-order valence-corrected chi connectivity index (χ1v) is 9.83. The minimum atomic E-state index is -1.24. The first kappa shape index (κ1) is 9.74. The monoisotopic (exact) mass is 251 g/mol. The highest BCUT2D eigenvalue weighted by atomic mass is 32.9. The normalized spacial score (nSPS) is 57.1. The highest BCUT2D eigenvalue weighted by Gasteiger charge is 2.62. The second-order valence-electron chi connectivity index (χ2n) is 4.75. The van der Waals surface area contributed by atoms with Gasteiger partial charge in [-0.1, -0.05) is 24.0 Å². The fourth-order valence-electron chi connectivity index (χ4n) is 3.33. The molecule has 1 saturated heterocycles. The molecule has 0 spiro atoms. The van der Waals surface area contributed by atoms with Gasteiger partial charge in [-0.2, -0.15) is 0 Å². The maximum absolute atomic E-state index is 5.99. The summed E-state index contributed by atoms with van der Waals surface area (Å²) in [5.41, 5.74) is 2.32. The van der Waals surface area contributed by atoms with Crippen LogP contribution in [0.4, 0.5) is 0 Å². The predicted octanol–water partition coefficient (Wildman–Crippen LogP) is 3.43. The summed E-state index contributed by atoms with van der Waals surface area (Å²) >= 11 is 8.14. The van der Waals surface area contributed by atoms with E-state index in [0.717, 1.165) is 22.7 Å². The maximum atomic E-state index is 5.99. The van der Waals surface area contributed by atoms with E-state index in [4.69, 9.17) is 11.8 Å². The number of allylic oxidation sites excluding steroid dienone is 2. The summed E-state index contributed by atoms with van der Waals surface area (Å²) in [6.45, 7) is 0. The van der Waals surface area contributed by atoms with E-state index in [-0.39, 0.29) is 0 Å². The summed E-state index contributed by atoms with van der Waals surface area (Å²) in [7, 11) is 0. The van der Waals surface area contributed by atoms with Gasteiger partial charge in [0.2, 0.25) is 0 Å². The molecule has 3 aliphatic carbocycles. The van der Waals surface area contributed by atoms with E-state index < -0.39 is 5.24 Å². The Balaban J connectivity index is 1.65. The molecule has 5 atom stereocenters. The Kier molecular flexibility index (Phi) is 2.04. The van der Waals surface area contributed by atoms with E-state index in [1.54, 1.807) is 0 Å². The fraction of sp³-hybridized carbons (Fsp3) is 0.417. The predicted molar refractivity (Wildman–Crippen MR) is 70.6 cm³/mol. The zero-order valence-corrected chi connectivity index (χ0v) is 10.8. The van der Waals surface area contributed by atoms with Crippen LogP contribution in [0, 0.1) is 43.2 Å². The van der Waals surface area contributed by atoms with Gasteiger partial charge >= 0.3 is 0 Å². The molecule has 4 rings (SSSR count). The summed E-state index contributed by atoms with van der Waals surface area (Å²) in [6, 6.07) is 0. The minimum Gasteiger partial charge on any atom is -0.118 e. The molecule has 1 heterocycles. The third-order valence-corrected chi connectivity index (χ3v) is 13.1. The molecule has 0 aromatic carbocycles. The van der Waals surface area contributed by atoms with Gasteiger partial charge in [-0.05, 0) is 43.9 Å². The van der Waals surface area contributed by atoms with Gasteiger partial charge in [0.25, 0.3) is 0 Å². The molecule has 4 aliphatic rings. The second-order valence-corrected chi connectivity index (χ2v) is 12.6. The standard InChI is InChI=1S/C12H12PS2/c14-13(10-3-1-2-4-10)11-8-5-6-9(7-8)12(11)15-13/h1-6,8-9,11-12H,7H2/t8-,9+,11+,12-,13?/m1/s1. The van der Waals surface area contributed by atoms with Crippen molar-refractivity contribution in [3.05, 3.63) is 43.5 Å². The highest BCUT2D eigenvalue weighted by Crippen LogP contribution is 2.88. The molecule has 0 amide bonds. The molecule has 0 aromatic rings. The molecule has 0 nitrogen and oxygen atoms in total. The first-order valence-electron chi connectivity index (χ1n) is 5.48. The van der Waals surface area contributed by atoms with Crippen molar-refractivity contribution in [2.45, 2.75) is 17.3 Å². The van der Waals surface area contributed by atoms with E-state index >= 15 is 0 Å². The van der Waals surface area contributed by atoms with Gasteiger partial charge in [0, 0.05) is 21.8 Å². The average molecular weight is 251 g/mol. The van der Waals surface area contributed by atoms with Gasteiger partial charge in [-0.15, -0.1) is 11.4 Å². The number of rotatable bonds is 1. The molecule has 15 heavy (non-hydrogen) atoms. The van der Waals surface area contributed by atoms with Crippen molar-refractivity contribution in [2.75, 3.05) is 0 Å². The topological polar surface area (TPSA) is 0 Å². The fourth-order valence-corrected chi connectivity index (χ4v) is 13.0. The Morgan fingerprint density at radius 3 is 2.67 bits per heavy atom. The van der Waals surface area contributed by atoms with Crippen LogP contribution in [0.5, 0.6) is 0 Å². The van der Waals surface area contributed by atoms with Crippen molar-refractivity contribution in [3.63, 3.8) is 0 Å². The lowest BCUT2D eigenvalue weighted by Gasteiger charge is -2.50. The van der Waals surface area contributed by atoms with Crippen LogP contribution in [0.1, 0.15) is 6.42 Å². The Hall–Kier alpha value is 0.740. The lowest BCUT2D eigenvalue weighted by molar-refractivity contribution is 0.697. The third kappa shape index (κ3) is 1.14. The molecule has 1 aliphatic heterocycles. The van der Waals surface area contributed by atoms with Crippen LogP contribution in [0.15, 0.2) is 12.2 Å². The summed E-state index contributed by atoms with van der Waals surface area (Å²) in [6.07, 6.45) is 15.0.